The van der Waals surface area contributed by atoms with Crippen LogP contribution in [0.2, 0.25) is 30.1 Å². The highest BCUT2D eigenvalue weighted by Crippen LogP contribution is 2.38. The zero-order valence-corrected chi connectivity index (χ0v) is 19.1. The lowest BCUT2D eigenvalue weighted by molar-refractivity contribution is 0.0692. The minimum absolute atomic E-state index is 0.0284. The van der Waals surface area contributed by atoms with Crippen molar-refractivity contribution in [2.45, 2.75) is 0 Å². The molecular formula is C20H8Cl6O4. The van der Waals surface area contributed by atoms with Gasteiger partial charge in [0.05, 0.1) is 31.2 Å². The molecule has 0 unspecified atom stereocenters. The van der Waals surface area contributed by atoms with Gasteiger partial charge in [-0.05, 0) is 36.4 Å². The molecule has 0 spiro atoms. The van der Waals surface area contributed by atoms with Gasteiger partial charge in [0, 0.05) is 10.0 Å². The van der Waals surface area contributed by atoms with Crippen LogP contribution in [0.25, 0.3) is 0 Å². The summed E-state index contributed by atoms with van der Waals surface area (Å²) in [5.41, 5.74) is -0.184. The molecule has 0 aliphatic rings. The highest BCUT2D eigenvalue weighted by Gasteiger charge is 2.23. The fourth-order valence-electron chi connectivity index (χ4n) is 2.39. The Labute approximate surface area is 201 Å². The van der Waals surface area contributed by atoms with Crippen LogP contribution in [0.5, 0.6) is 11.5 Å². The number of benzene rings is 3. The predicted octanol–water partition coefficient (Wildman–Crippen LogP) is 8.05. The number of hydrogen-bond acceptors (Lipinski definition) is 4. The van der Waals surface area contributed by atoms with E-state index in [0.717, 1.165) is 0 Å². The minimum atomic E-state index is -0.887. The van der Waals surface area contributed by atoms with Crippen molar-refractivity contribution in [2.75, 3.05) is 0 Å². The first kappa shape index (κ1) is 23.0. The molecule has 0 aromatic heterocycles. The summed E-state index contributed by atoms with van der Waals surface area (Å²) < 4.78 is 10.6. The second-order valence-corrected chi connectivity index (χ2v) is 8.22. The van der Waals surface area contributed by atoms with E-state index in [1.165, 1.54) is 36.4 Å². The quantitative estimate of drug-likeness (QED) is 0.256. The van der Waals surface area contributed by atoms with Crippen molar-refractivity contribution in [3.05, 3.63) is 89.8 Å². The van der Waals surface area contributed by atoms with Crippen molar-refractivity contribution < 1.29 is 19.1 Å². The van der Waals surface area contributed by atoms with E-state index >= 15 is 0 Å². The molecule has 0 aliphatic carbocycles. The molecule has 0 heterocycles. The van der Waals surface area contributed by atoms with Crippen LogP contribution in [0.1, 0.15) is 20.7 Å². The van der Waals surface area contributed by atoms with Gasteiger partial charge in [0.15, 0.2) is 11.5 Å². The zero-order valence-electron chi connectivity index (χ0n) is 14.5. The fraction of sp³-hybridized carbons (Fsp3) is 0. The van der Waals surface area contributed by atoms with Gasteiger partial charge < -0.3 is 9.47 Å². The molecule has 0 saturated heterocycles. The molecule has 0 radical (unpaired) electrons. The van der Waals surface area contributed by atoms with E-state index < -0.39 is 11.9 Å². The van der Waals surface area contributed by atoms with Crippen LogP contribution in [-0.4, -0.2) is 11.9 Å². The van der Waals surface area contributed by atoms with Gasteiger partial charge in [0.2, 0.25) is 0 Å². The summed E-state index contributed by atoms with van der Waals surface area (Å²) in [7, 11) is 0. The van der Waals surface area contributed by atoms with Crippen LogP contribution in [0.15, 0.2) is 48.5 Å². The molecule has 0 saturated carbocycles. The van der Waals surface area contributed by atoms with Gasteiger partial charge in [-0.1, -0.05) is 81.7 Å². The Morgan fingerprint density at radius 1 is 0.567 bits per heavy atom. The molecule has 0 aliphatic heterocycles. The lowest BCUT2D eigenvalue weighted by Gasteiger charge is -2.12. The maximum absolute atomic E-state index is 12.7. The molecule has 3 rings (SSSR count). The van der Waals surface area contributed by atoms with E-state index in [4.69, 9.17) is 79.1 Å². The normalized spacial score (nSPS) is 10.6. The highest BCUT2D eigenvalue weighted by molar-refractivity contribution is 6.41. The predicted molar refractivity (Wildman–Crippen MR) is 119 cm³/mol. The standard InChI is InChI=1S/C20H8Cl6O4/c21-9-5-13(23)17(14(24)6-9)29-19(27)11-3-1-2-4-12(11)20(28)30-18-15(25)7-10(22)8-16(18)26/h1-8H. The molecule has 4 nitrogen and oxygen atoms in total. The van der Waals surface area contributed by atoms with Gasteiger partial charge in [0.25, 0.3) is 0 Å². The largest absolute Gasteiger partial charge is 0.420 e. The average Bonchev–Trinajstić information content (AvgIpc) is 2.67. The lowest BCUT2D eigenvalue weighted by atomic mass is 10.1. The number of rotatable bonds is 4. The number of hydrogen-bond donors (Lipinski definition) is 0. The molecule has 3 aromatic carbocycles. The van der Waals surface area contributed by atoms with Gasteiger partial charge >= 0.3 is 11.9 Å². The van der Waals surface area contributed by atoms with E-state index in [0.29, 0.717) is 0 Å². The Bertz CT molecular complexity index is 1030. The molecular weight excluding hydrogens is 517 g/mol. The smallest absolute Gasteiger partial charge is 0.344 e. The second-order valence-electron chi connectivity index (χ2n) is 5.72. The molecule has 0 fully saturated rings. The Morgan fingerprint density at radius 3 is 1.17 bits per heavy atom. The lowest BCUT2D eigenvalue weighted by Crippen LogP contribution is -2.18. The SMILES string of the molecule is O=C(Oc1c(Cl)cc(Cl)cc1Cl)c1ccccc1C(=O)Oc1c(Cl)cc(Cl)cc1Cl. The number of carbonyl (C=O) groups is 2. The Balaban J connectivity index is 1.91. The van der Waals surface area contributed by atoms with Crippen LogP contribution in [0, 0.1) is 0 Å². The monoisotopic (exact) mass is 522 g/mol. The molecule has 154 valence electrons. The molecule has 0 amide bonds. The van der Waals surface area contributed by atoms with Crippen molar-refractivity contribution in [1.29, 1.82) is 0 Å². The summed E-state index contributed by atoms with van der Waals surface area (Å²) in [5.74, 6) is -1.97. The van der Waals surface area contributed by atoms with Gasteiger partial charge in [-0.15, -0.1) is 0 Å². The van der Waals surface area contributed by atoms with Crippen molar-refractivity contribution in [3.63, 3.8) is 0 Å². The van der Waals surface area contributed by atoms with E-state index in [9.17, 15) is 9.59 Å². The van der Waals surface area contributed by atoms with Gasteiger partial charge in [-0.3, -0.25) is 0 Å². The van der Waals surface area contributed by atoms with Gasteiger partial charge in [-0.25, -0.2) is 9.59 Å². The van der Waals surface area contributed by atoms with Crippen LogP contribution in [-0.2, 0) is 0 Å². The molecule has 3 aromatic rings. The number of ether oxygens (including phenoxy) is 2. The van der Waals surface area contributed by atoms with E-state index in [1.54, 1.807) is 12.1 Å². The first-order valence-corrected chi connectivity index (χ1v) is 10.3. The molecule has 30 heavy (non-hydrogen) atoms. The third-order valence-electron chi connectivity index (χ3n) is 3.68. The minimum Gasteiger partial charge on any atom is -0.420 e. The maximum atomic E-state index is 12.7. The van der Waals surface area contributed by atoms with Crippen molar-refractivity contribution in [1.82, 2.24) is 0 Å². The van der Waals surface area contributed by atoms with E-state index in [2.05, 4.69) is 0 Å². The third kappa shape index (κ3) is 5.14. The van der Waals surface area contributed by atoms with Gasteiger partial charge in [0.1, 0.15) is 0 Å². The Kier molecular flexibility index (Phi) is 7.40. The summed E-state index contributed by atoms with van der Waals surface area (Å²) in [6.07, 6.45) is 0. The number of esters is 2. The summed E-state index contributed by atoms with van der Waals surface area (Å²) >= 11 is 35.9. The topological polar surface area (TPSA) is 52.6 Å². The van der Waals surface area contributed by atoms with Crippen LogP contribution < -0.4 is 9.47 Å². The second kappa shape index (κ2) is 9.65. The third-order valence-corrected chi connectivity index (χ3v) is 5.24. The summed E-state index contributed by atoms with van der Waals surface area (Å²) in [4.78, 5) is 25.4. The summed E-state index contributed by atoms with van der Waals surface area (Å²) in [6.45, 7) is 0. The number of carbonyl (C=O) groups excluding carboxylic acids is 2. The fourth-order valence-corrected chi connectivity index (χ4v) is 4.18. The molecule has 0 atom stereocenters. The maximum Gasteiger partial charge on any atom is 0.344 e. The van der Waals surface area contributed by atoms with Crippen LogP contribution >= 0.6 is 69.6 Å². The van der Waals surface area contributed by atoms with E-state index in [-0.39, 0.29) is 52.8 Å². The number of halogens is 6. The van der Waals surface area contributed by atoms with Crippen molar-refractivity contribution in [3.8, 4) is 11.5 Å². The molecule has 0 bridgehead atoms. The first-order chi connectivity index (χ1) is 14.2. The Morgan fingerprint density at radius 2 is 0.867 bits per heavy atom. The summed E-state index contributed by atoms with van der Waals surface area (Å²) in [5, 5.41) is 0.651. The van der Waals surface area contributed by atoms with Gasteiger partial charge in [-0.2, -0.15) is 0 Å². The molecule has 0 N–H and O–H groups in total. The first-order valence-electron chi connectivity index (χ1n) is 8.00. The van der Waals surface area contributed by atoms with Crippen molar-refractivity contribution in [2.24, 2.45) is 0 Å². The average molecular weight is 525 g/mol. The molecule has 10 heteroatoms. The zero-order chi connectivity index (χ0) is 22.0. The summed E-state index contributed by atoms with van der Waals surface area (Å²) in [6, 6.07) is 11.3. The van der Waals surface area contributed by atoms with Crippen molar-refractivity contribution >= 4 is 81.5 Å². The Hall–Kier alpha value is -1.66. The van der Waals surface area contributed by atoms with Crippen LogP contribution in [0.4, 0.5) is 0 Å². The highest BCUT2D eigenvalue weighted by atomic mass is 35.5. The van der Waals surface area contributed by atoms with E-state index in [1.807, 2.05) is 0 Å². The van der Waals surface area contributed by atoms with Crippen LogP contribution in [0.3, 0.4) is 0 Å².